The molecule has 0 amide bonds. The van der Waals surface area contributed by atoms with Crippen molar-refractivity contribution in [2.24, 2.45) is 0 Å². The molecule has 0 saturated heterocycles. The van der Waals surface area contributed by atoms with Gasteiger partial charge < -0.3 is 51.1 Å². The molecule has 2 aromatic heterocycles. The largest absolute Gasteiger partial charge is 0.508 e. The topological polar surface area (TPSA) is 241 Å². The zero-order valence-electron chi connectivity index (χ0n) is 32.2. The SMILES string of the molecule is [B]c1c([B])c(O)c(-c2nc(-c3c([B])c(O)c(O)c([B])c3O)nc(-c3c(O)c(O)c(O)c(-c4cccc5c4sc4c(-c6ccc(-c7ccccc7)cc6)cccc45)c3O)n2)c(O)c1O. The maximum Gasteiger partial charge on any atom is 0.202 e. The molecule has 0 atom stereocenters. The molecule has 13 nitrogen and oxygen atoms in total. The van der Waals surface area contributed by atoms with Crippen LogP contribution in [0.25, 0.3) is 87.7 Å². The standard InChI is InChI=1S/C45H25B4N3O10S/c46-27-24(32(54)30(49)39(61)37(27)59)43-50-44(52-45(51-43)26-33(55)28(47)29(48)38(60)35(26)57)25-31(53)23(34(56)40(62)36(25)58)22-11-5-10-21-20-9-4-8-19(41(20)63-42(21)22)18-14-12-17(13-15-18)16-6-2-1-3-7-16/h1-15,53-62H. The molecule has 0 aliphatic heterocycles. The van der Waals surface area contributed by atoms with E-state index in [0.29, 0.717) is 4.70 Å². The number of aromatic hydroxyl groups is 10. The summed E-state index contributed by atoms with van der Waals surface area (Å²) in [6.07, 6.45) is 0. The summed E-state index contributed by atoms with van der Waals surface area (Å²) in [5.41, 5.74) is -1.21. The van der Waals surface area contributed by atoms with Crippen LogP contribution < -0.4 is 21.9 Å². The molecule has 7 aromatic carbocycles. The van der Waals surface area contributed by atoms with Crippen LogP contribution in [0.2, 0.25) is 0 Å². The van der Waals surface area contributed by atoms with Gasteiger partial charge in [-0.3, -0.25) is 0 Å². The highest BCUT2D eigenvalue weighted by molar-refractivity contribution is 7.26. The van der Waals surface area contributed by atoms with Crippen LogP contribution in [0.5, 0.6) is 57.5 Å². The molecule has 8 radical (unpaired) electrons. The summed E-state index contributed by atoms with van der Waals surface area (Å²) in [7, 11) is 23.6. The smallest absolute Gasteiger partial charge is 0.202 e. The zero-order chi connectivity index (χ0) is 44.8. The molecular weight excluding hydrogens is 818 g/mol. The number of hydrogen-bond donors (Lipinski definition) is 10. The average Bonchev–Trinajstić information content (AvgIpc) is 3.68. The number of thiophene rings is 1. The van der Waals surface area contributed by atoms with E-state index in [0.717, 1.165) is 37.7 Å². The minimum Gasteiger partial charge on any atom is -0.508 e. The van der Waals surface area contributed by atoms with Crippen LogP contribution in [0.4, 0.5) is 0 Å². The lowest BCUT2D eigenvalue weighted by atomic mass is 9.77. The van der Waals surface area contributed by atoms with Crippen molar-refractivity contribution in [2.45, 2.75) is 0 Å². The van der Waals surface area contributed by atoms with Crippen LogP contribution in [0.3, 0.4) is 0 Å². The Morgan fingerprint density at radius 2 is 0.746 bits per heavy atom. The van der Waals surface area contributed by atoms with Crippen molar-refractivity contribution in [3.8, 4) is 125 Å². The summed E-state index contributed by atoms with van der Waals surface area (Å²) < 4.78 is 1.41. The fourth-order valence-corrected chi connectivity index (χ4v) is 8.88. The second-order valence-corrected chi connectivity index (χ2v) is 15.4. The third kappa shape index (κ3) is 6.16. The number of benzene rings is 7. The van der Waals surface area contributed by atoms with E-state index < -0.39 is 114 Å². The van der Waals surface area contributed by atoms with Gasteiger partial charge in [-0.15, -0.1) is 11.3 Å². The number of phenolic OH excluding ortho intramolecular Hbond substituents is 10. The molecule has 18 heteroatoms. The van der Waals surface area contributed by atoms with Crippen molar-refractivity contribution in [1.29, 1.82) is 0 Å². The van der Waals surface area contributed by atoms with E-state index in [2.05, 4.69) is 15.0 Å². The van der Waals surface area contributed by atoms with Crippen LogP contribution in [0.15, 0.2) is 91.0 Å². The Bertz CT molecular complexity index is 3260. The molecule has 0 unspecified atom stereocenters. The predicted molar refractivity (Wildman–Crippen MR) is 244 cm³/mol. The second kappa shape index (κ2) is 14.9. The minimum atomic E-state index is -1.17. The lowest BCUT2D eigenvalue weighted by molar-refractivity contribution is 0.364. The van der Waals surface area contributed by atoms with Gasteiger partial charge in [0.05, 0.1) is 11.1 Å². The maximum absolute atomic E-state index is 12.2. The van der Waals surface area contributed by atoms with Crippen molar-refractivity contribution in [2.75, 3.05) is 0 Å². The summed E-state index contributed by atoms with van der Waals surface area (Å²) in [4.78, 5) is 12.6. The van der Waals surface area contributed by atoms with Gasteiger partial charge >= 0.3 is 0 Å². The van der Waals surface area contributed by atoms with Crippen LogP contribution in [-0.2, 0) is 0 Å². The summed E-state index contributed by atoms with van der Waals surface area (Å²) in [6.45, 7) is 0. The molecule has 0 aliphatic rings. The highest BCUT2D eigenvalue weighted by atomic mass is 32.1. The number of hydrogen-bond acceptors (Lipinski definition) is 14. The van der Waals surface area contributed by atoms with Crippen molar-refractivity contribution >= 4 is 84.7 Å². The Kier molecular flexibility index (Phi) is 9.55. The molecule has 63 heavy (non-hydrogen) atoms. The van der Waals surface area contributed by atoms with Crippen molar-refractivity contribution < 1.29 is 51.1 Å². The summed E-state index contributed by atoms with van der Waals surface area (Å²) in [5, 5.41) is 113. The molecule has 2 heterocycles. The molecule has 10 N–H and O–H groups in total. The first-order chi connectivity index (χ1) is 30.1. The molecule has 9 rings (SSSR count). The Balaban J connectivity index is 1.29. The average molecular weight is 843 g/mol. The van der Waals surface area contributed by atoms with E-state index in [1.807, 2.05) is 78.9 Å². The number of phenols is 10. The third-order valence-electron chi connectivity index (χ3n) is 10.8. The Morgan fingerprint density at radius 1 is 0.317 bits per heavy atom. The lowest BCUT2D eigenvalue weighted by Crippen LogP contribution is -2.26. The van der Waals surface area contributed by atoms with Crippen LogP contribution in [0.1, 0.15) is 0 Å². The first-order valence-electron chi connectivity index (χ1n) is 18.6. The normalized spacial score (nSPS) is 11.4. The van der Waals surface area contributed by atoms with E-state index in [-0.39, 0.29) is 11.1 Å². The van der Waals surface area contributed by atoms with E-state index in [4.69, 9.17) is 31.4 Å². The maximum atomic E-state index is 12.2. The van der Waals surface area contributed by atoms with Crippen LogP contribution in [-0.4, -0.2) is 97.4 Å². The number of fused-ring (bicyclic) bond motifs is 3. The van der Waals surface area contributed by atoms with E-state index >= 15 is 0 Å². The van der Waals surface area contributed by atoms with Gasteiger partial charge in [-0.25, -0.2) is 15.0 Å². The fourth-order valence-electron chi connectivity index (χ4n) is 7.53. The van der Waals surface area contributed by atoms with Crippen LogP contribution >= 0.6 is 11.3 Å². The Hall–Kier alpha value is -7.97. The third-order valence-corrected chi connectivity index (χ3v) is 12.1. The molecule has 0 fully saturated rings. The van der Waals surface area contributed by atoms with Gasteiger partial charge in [-0.05, 0) is 33.2 Å². The first-order valence-corrected chi connectivity index (χ1v) is 19.4. The minimum absolute atomic E-state index is 0.199. The van der Waals surface area contributed by atoms with Gasteiger partial charge in [-0.2, -0.15) is 0 Å². The summed E-state index contributed by atoms with van der Waals surface area (Å²) in [5.74, 6) is -12.4. The van der Waals surface area contributed by atoms with Gasteiger partial charge in [0, 0.05) is 25.7 Å². The molecule has 0 spiro atoms. The highest BCUT2D eigenvalue weighted by Gasteiger charge is 2.32. The van der Waals surface area contributed by atoms with Gasteiger partial charge in [0.2, 0.25) is 5.75 Å². The second-order valence-electron chi connectivity index (χ2n) is 14.4. The molecule has 298 valence electrons. The van der Waals surface area contributed by atoms with Crippen molar-refractivity contribution in [3.05, 3.63) is 91.0 Å². The summed E-state index contributed by atoms with van der Waals surface area (Å²) >= 11 is 1.34. The number of aromatic nitrogens is 3. The Labute approximate surface area is 365 Å². The van der Waals surface area contributed by atoms with Crippen molar-refractivity contribution in [1.82, 2.24) is 15.0 Å². The fraction of sp³-hybridized carbons (Fsp3) is 0. The number of nitrogens with zero attached hydrogens (tertiary/aromatic N) is 3. The van der Waals surface area contributed by atoms with Crippen LogP contribution in [0, 0.1) is 0 Å². The van der Waals surface area contributed by atoms with E-state index in [9.17, 15) is 51.1 Å². The van der Waals surface area contributed by atoms with Gasteiger partial charge in [0.1, 0.15) is 59.8 Å². The quantitative estimate of drug-likeness (QED) is 0.0632. The molecule has 0 saturated carbocycles. The van der Waals surface area contributed by atoms with Crippen molar-refractivity contribution in [3.63, 3.8) is 0 Å². The van der Waals surface area contributed by atoms with E-state index in [1.165, 1.54) is 11.3 Å². The van der Waals surface area contributed by atoms with E-state index in [1.54, 1.807) is 12.1 Å². The summed E-state index contributed by atoms with van der Waals surface area (Å²) in [6, 6.07) is 28.9. The Morgan fingerprint density at radius 3 is 1.37 bits per heavy atom. The molecular formula is C45H25B4N3O10S. The molecule has 0 aliphatic carbocycles. The highest BCUT2D eigenvalue weighted by Crippen LogP contribution is 2.57. The zero-order valence-corrected chi connectivity index (χ0v) is 33.0. The number of rotatable bonds is 6. The van der Waals surface area contributed by atoms with Gasteiger partial charge in [0.25, 0.3) is 0 Å². The first kappa shape index (κ1) is 40.4. The predicted octanol–water partition coefficient (Wildman–Crippen LogP) is 4.47. The molecule has 0 bridgehead atoms. The van der Waals surface area contributed by atoms with Gasteiger partial charge in [0.15, 0.2) is 52.0 Å². The van der Waals surface area contributed by atoms with Gasteiger partial charge in [-0.1, -0.05) is 102 Å². The lowest BCUT2D eigenvalue weighted by Gasteiger charge is -2.19. The molecule has 9 aromatic rings. The monoisotopic (exact) mass is 843 g/mol.